The fourth-order valence-corrected chi connectivity index (χ4v) is 5.24. The van der Waals surface area contributed by atoms with Gasteiger partial charge in [0, 0.05) is 12.6 Å². The van der Waals surface area contributed by atoms with E-state index in [0.717, 1.165) is 16.7 Å². The van der Waals surface area contributed by atoms with Crippen LogP contribution < -0.4 is 20.7 Å². The molecule has 9 heteroatoms. The number of hydrogen-bond donors (Lipinski definition) is 2. The summed E-state index contributed by atoms with van der Waals surface area (Å²) in [5, 5.41) is 11.0. The quantitative estimate of drug-likeness (QED) is 0.235. The van der Waals surface area contributed by atoms with E-state index in [1.54, 1.807) is 21.1 Å². The molecule has 9 nitrogen and oxygen atoms in total. The van der Waals surface area contributed by atoms with Gasteiger partial charge in [-0.25, -0.2) is 4.79 Å². The van der Waals surface area contributed by atoms with E-state index in [-0.39, 0.29) is 18.6 Å². The highest BCUT2D eigenvalue weighted by atomic mass is 16.6. The molecule has 1 aromatic heterocycles. The van der Waals surface area contributed by atoms with E-state index in [2.05, 4.69) is 16.8 Å². The number of aromatic amines is 1. The van der Waals surface area contributed by atoms with E-state index in [9.17, 15) is 14.7 Å². The van der Waals surface area contributed by atoms with Gasteiger partial charge in [0.15, 0.2) is 0 Å². The molecule has 216 valence electrons. The maximum absolute atomic E-state index is 12.6. The second-order valence-electron chi connectivity index (χ2n) is 9.83. The Bertz CT molecular complexity index is 1640. The number of hydrogen-bond acceptors (Lipinski definition) is 7. The molecule has 0 unspecified atom stereocenters. The second-order valence-corrected chi connectivity index (χ2v) is 9.83. The van der Waals surface area contributed by atoms with Gasteiger partial charge in [-0.2, -0.15) is 0 Å². The minimum Gasteiger partial charge on any atom is -0.497 e. The summed E-state index contributed by atoms with van der Waals surface area (Å²) in [6, 6.07) is 25.1. The van der Waals surface area contributed by atoms with Gasteiger partial charge in [0.25, 0.3) is 5.56 Å². The van der Waals surface area contributed by atoms with E-state index >= 15 is 0 Å². The highest BCUT2D eigenvalue weighted by molar-refractivity contribution is 5.49. The van der Waals surface area contributed by atoms with Gasteiger partial charge in [-0.05, 0) is 47.9 Å². The van der Waals surface area contributed by atoms with Crippen molar-refractivity contribution in [3.05, 3.63) is 128 Å². The van der Waals surface area contributed by atoms with Crippen molar-refractivity contribution in [2.75, 3.05) is 20.8 Å². The molecule has 2 N–H and O–H groups in total. The molecule has 2 heterocycles. The van der Waals surface area contributed by atoms with Crippen LogP contribution in [0.25, 0.3) is 0 Å². The van der Waals surface area contributed by atoms with E-state index in [1.165, 1.54) is 10.8 Å². The van der Waals surface area contributed by atoms with Crippen LogP contribution in [0.5, 0.6) is 11.5 Å². The first-order chi connectivity index (χ1) is 20.4. The number of rotatable bonds is 9. The topological polar surface area (TPSA) is 112 Å². The zero-order valence-electron chi connectivity index (χ0n) is 23.6. The Morgan fingerprint density at radius 3 is 2.05 bits per heavy atom. The van der Waals surface area contributed by atoms with Crippen LogP contribution in [0.2, 0.25) is 0 Å². The van der Waals surface area contributed by atoms with E-state index in [1.807, 2.05) is 78.9 Å². The number of aliphatic hydroxyl groups is 1. The molecule has 1 aliphatic rings. The van der Waals surface area contributed by atoms with Crippen molar-refractivity contribution in [1.29, 1.82) is 0 Å². The van der Waals surface area contributed by atoms with Gasteiger partial charge in [-0.1, -0.05) is 60.5 Å². The molecule has 5 rings (SSSR count). The number of aromatic nitrogens is 2. The second kappa shape index (κ2) is 12.5. The van der Waals surface area contributed by atoms with E-state index in [0.29, 0.717) is 11.5 Å². The van der Waals surface area contributed by atoms with Crippen LogP contribution in [-0.4, -0.2) is 47.7 Å². The summed E-state index contributed by atoms with van der Waals surface area (Å²) in [6.45, 7) is 1.59. The lowest BCUT2D eigenvalue weighted by atomic mass is 9.80. The first-order valence-electron chi connectivity index (χ1n) is 13.5. The molecule has 4 aromatic rings. The molecule has 0 aliphatic carbocycles. The number of H-pyrrole nitrogens is 1. The standard InChI is InChI=1S/C33H32N2O7/c1-4-8-22-20-35(32(38)34-31(22)37)30-19-28(36)29(42-30)21-41-33(23-9-6-5-7-10-23,24-11-15-26(39-2)16-12-24)25-13-17-27(40-3)18-14-25/h5-7,9-18,20,28-30,36H,19,21H2,1-3H3,(H,34,37,38)/t28-,29+,30-/m0/s1. The summed E-state index contributed by atoms with van der Waals surface area (Å²) in [5.74, 6) is 6.76. The van der Waals surface area contributed by atoms with Crippen LogP contribution in [0.1, 0.15) is 41.8 Å². The number of benzene rings is 3. The first-order valence-corrected chi connectivity index (χ1v) is 13.5. The number of aliphatic hydroxyl groups excluding tert-OH is 1. The molecule has 3 aromatic carbocycles. The number of ether oxygens (including phenoxy) is 4. The summed E-state index contributed by atoms with van der Waals surface area (Å²) in [7, 11) is 3.22. The lowest BCUT2D eigenvalue weighted by Gasteiger charge is -2.37. The maximum Gasteiger partial charge on any atom is 0.330 e. The fraction of sp³-hybridized carbons (Fsp3) is 0.273. The van der Waals surface area contributed by atoms with Crippen molar-refractivity contribution in [2.24, 2.45) is 0 Å². The van der Waals surface area contributed by atoms with Crippen molar-refractivity contribution in [2.45, 2.75) is 37.4 Å². The van der Waals surface area contributed by atoms with Gasteiger partial charge in [0.05, 0.1) is 26.9 Å². The molecule has 1 fully saturated rings. The van der Waals surface area contributed by atoms with Crippen LogP contribution in [0.4, 0.5) is 0 Å². The third-order valence-corrected chi connectivity index (χ3v) is 7.38. The fourth-order valence-electron chi connectivity index (χ4n) is 5.24. The summed E-state index contributed by atoms with van der Waals surface area (Å²) < 4.78 is 25.1. The first kappa shape index (κ1) is 28.9. The number of nitrogens with one attached hydrogen (secondary N) is 1. The molecule has 0 bridgehead atoms. The maximum atomic E-state index is 12.6. The van der Waals surface area contributed by atoms with E-state index in [4.69, 9.17) is 18.9 Å². The van der Waals surface area contributed by atoms with E-state index < -0.39 is 35.3 Å². The molecule has 0 saturated carbocycles. The van der Waals surface area contributed by atoms with Gasteiger partial charge < -0.3 is 24.1 Å². The Labute approximate surface area is 243 Å². The Balaban J connectivity index is 1.53. The molecular weight excluding hydrogens is 536 g/mol. The molecule has 3 atom stereocenters. The van der Waals surface area contributed by atoms with Crippen molar-refractivity contribution in [3.8, 4) is 23.3 Å². The van der Waals surface area contributed by atoms with Gasteiger partial charge in [-0.3, -0.25) is 14.3 Å². The molecule has 0 spiro atoms. The molecule has 0 radical (unpaired) electrons. The highest BCUT2D eigenvalue weighted by Gasteiger charge is 2.42. The Kier molecular flexibility index (Phi) is 8.59. The van der Waals surface area contributed by atoms with Crippen molar-refractivity contribution >= 4 is 0 Å². The van der Waals surface area contributed by atoms with Crippen LogP contribution in [0, 0.1) is 11.8 Å². The summed E-state index contributed by atoms with van der Waals surface area (Å²) >= 11 is 0. The predicted molar refractivity (Wildman–Crippen MR) is 157 cm³/mol. The lowest BCUT2D eigenvalue weighted by molar-refractivity contribution is -0.0944. The predicted octanol–water partition coefficient (Wildman–Crippen LogP) is 3.58. The van der Waals surface area contributed by atoms with Crippen LogP contribution in [-0.2, 0) is 15.1 Å². The number of methoxy groups -OCH3 is 2. The minimum absolute atomic E-state index is 0.00958. The summed E-state index contributed by atoms with van der Waals surface area (Å²) in [6.07, 6.45) is -1.03. The summed E-state index contributed by atoms with van der Waals surface area (Å²) in [4.78, 5) is 27.0. The average molecular weight is 569 g/mol. The lowest BCUT2D eigenvalue weighted by Crippen LogP contribution is -2.38. The molecule has 1 saturated heterocycles. The SMILES string of the molecule is CC#Cc1cn([C@@H]2C[C@H](O)[C@@H](COC(c3ccccc3)(c3ccc(OC)cc3)c3ccc(OC)cc3)O2)c(=O)[nH]c1=O. The van der Waals surface area contributed by atoms with Crippen LogP contribution in [0.3, 0.4) is 0 Å². The Hall–Kier alpha value is -4.62. The molecule has 0 amide bonds. The minimum atomic E-state index is -1.10. The average Bonchev–Trinajstić information content (AvgIpc) is 3.39. The third-order valence-electron chi connectivity index (χ3n) is 7.38. The van der Waals surface area contributed by atoms with Gasteiger partial charge in [-0.15, -0.1) is 5.92 Å². The monoisotopic (exact) mass is 568 g/mol. The van der Waals surface area contributed by atoms with Gasteiger partial charge >= 0.3 is 5.69 Å². The molecule has 1 aliphatic heterocycles. The van der Waals surface area contributed by atoms with Gasteiger partial charge in [0.2, 0.25) is 0 Å². The summed E-state index contributed by atoms with van der Waals surface area (Å²) in [5.41, 5.74) is 0.360. The molecular formula is C33H32N2O7. The zero-order valence-corrected chi connectivity index (χ0v) is 23.6. The third kappa shape index (κ3) is 5.60. The Morgan fingerprint density at radius 1 is 0.929 bits per heavy atom. The van der Waals surface area contributed by atoms with Crippen molar-refractivity contribution < 1.29 is 24.1 Å². The van der Waals surface area contributed by atoms with Crippen LogP contribution >= 0.6 is 0 Å². The van der Waals surface area contributed by atoms with Gasteiger partial charge in [0.1, 0.15) is 35.0 Å². The van der Waals surface area contributed by atoms with Crippen molar-refractivity contribution in [3.63, 3.8) is 0 Å². The number of nitrogens with zero attached hydrogens (tertiary/aromatic N) is 1. The normalized spacial score (nSPS) is 18.2. The zero-order chi connectivity index (χ0) is 29.7. The van der Waals surface area contributed by atoms with Crippen LogP contribution in [0.15, 0.2) is 94.6 Å². The van der Waals surface area contributed by atoms with Crippen molar-refractivity contribution in [1.82, 2.24) is 9.55 Å². The largest absolute Gasteiger partial charge is 0.497 e. The Morgan fingerprint density at radius 2 is 1.50 bits per heavy atom. The molecule has 42 heavy (non-hydrogen) atoms. The highest BCUT2D eigenvalue weighted by Crippen LogP contribution is 2.42. The smallest absolute Gasteiger partial charge is 0.330 e.